The summed E-state index contributed by atoms with van der Waals surface area (Å²) in [5, 5.41) is 36.5. The predicted molar refractivity (Wildman–Crippen MR) is 106 cm³/mol. The molecular formula is C24H23Na3O8. The van der Waals surface area contributed by atoms with Gasteiger partial charge in [-0.15, -0.1) is 0 Å². The first-order valence-electron chi connectivity index (χ1n) is 10.1. The van der Waals surface area contributed by atoms with E-state index >= 15 is 0 Å². The first-order valence-corrected chi connectivity index (χ1v) is 10.1. The molecular weight excluding hydrogens is 485 g/mol. The summed E-state index contributed by atoms with van der Waals surface area (Å²) in [4.78, 5) is 49.2. The summed E-state index contributed by atoms with van der Waals surface area (Å²) in [6.45, 7) is 2.38. The first kappa shape index (κ1) is 36.5. The van der Waals surface area contributed by atoms with Gasteiger partial charge in [-0.1, -0.05) is 74.5 Å². The van der Waals surface area contributed by atoms with Crippen LogP contribution in [0.3, 0.4) is 0 Å². The molecule has 11 heteroatoms. The molecule has 0 aliphatic carbocycles. The summed E-state index contributed by atoms with van der Waals surface area (Å²) >= 11 is 0. The molecule has 4 atom stereocenters. The molecule has 0 heterocycles. The van der Waals surface area contributed by atoms with Crippen molar-refractivity contribution in [1.82, 2.24) is 0 Å². The molecule has 0 amide bonds. The molecule has 4 unspecified atom stereocenters. The molecule has 0 spiro atoms. The predicted octanol–water partition coefficient (Wildman–Crippen LogP) is -9.79. The Bertz CT molecular complexity index is 971. The van der Waals surface area contributed by atoms with Crippen molar-refractivity contribution < 1.29 is 128 Å². The first-order chi connectivity index (χ1) is 15.2. The van der Waals surface area contributed by atoms with Gasteiger partial charge in [0.15, 0.2) is 0 Å². The van der Waals surface area contributed by atoms with E-state index in [1.807, 2.05) is 0 Å². The minimum atomic E-state index is -2.28. The van der Waals surface area contributed by atoms with Gasteiger partial charge in [-0.2, -0.15) is 0 Å². The molecule has 0 aliphatic rings. The van der Waals surface area contributed by atoms with Crippen LogP contribution >= 0.6 is 0 Å². The molecule has 0 fully saturated rings. The van der Waals surface area contributed by atoms with E-state index in [-0.39, 0.29) is 107 Å². The second kappa shape index (κ2) is 16.9. The molecule has 0 saturated carbocycles. The summed E-state index contributed by atoms with van der Waals surface area (Å²) in [5.74, 6) is -12.4. The molecule has 0 N–H and O–H groups in total. The molecule has 8 nitrogen and oxygen atoms in total. The molecule has 0 aromatic heterocycles. The van der Waals surface area contributed by atoms with Crippen LogP contribution in [0.1, 0.15) is 31.4 Å². The number of aliphatic carboxylic acids is 3. The molecule has 0 saturated heterocycles. The number of ether oxygens (including phenoxy) is 1. The van der Waals surface area contributed by atoms with Crippen LogP contribution in [0, 0.1) is 17.8 Å². The summed E-state index contributed by atoms with van der Waals surface area (Å²) in [5.41, 5.74) is -1.62. The second-order valence-corrected chi connectivity index (χ2v) is 7.50. The number of carbonyl (C=O) groups excluding carboxylic acids is 4. The van der Waals surface area contributed by atoms with Gasteiger partial charge in [-0.25, -0.2) is 0 Å². The smallest absolute Gasteiger partial charge is 0.550 e. The Labute approximate surface area is 270 Å². The van der Waals surface area contributed by atoms with Gasteiger partial charge in [-0.3, -0.25) is 4.79 Å². The summed E-state index contributed by atoms with van der Waals surface area (Å²) < 4.78 is 5.16. The maximum atomic E-state index is 12.6. The number of carbonyl (C=O) groups is 4. The monoisotopic (exact) mass is 508 g/mol. The van der Waals surface area contributed by atoms with Crippen molar-refractivity contribution in [2.24, 2.45) is 17.8 Å². The third-order valence-corrected chi connectivity index (χ3v) is 5.76. The van der Waals surface area contributed by atoms with Crippen LogP contribution in [0.15, 0.2) is 60.7 Å². The van der Waals surface area contributed by atoms with Gasteiger partial charge >= 0.3 is 94.6 Å². The maximum absolute atomic E-state index is 12.6. The molecule has 2 aromatic carbocycles. The van der Waals surface area contributed by atoms with Crippen LogP contribution in [0.5, 0.6) is 0 Å². The van der Waals surface area contributed by atoms with E-state index in [1.165, 1.54) is 31.2 Å². The standard InChI is InChI=1S/C24H26O8.3Na/c1-3-24(23(30)31,17-12-8-5-9-13-17)19(21(27)28)18(20(25)26)15(2)22(29)32-14-16-10-6-4-7-11-16;;;/h4-13,15,18-19H,3,14H2,1-2H3,(H,25,26)(H,27,28)(H,30,31);;;/q;3*+1/p-3. The molecule has 170 valence electrons. The van der Waals surface area contributed by atoms with Crippen molar-refractivity contribution in [3.8, 4) is 0 Å². The van der Waals surface area contributed by atoms with E-state index in [0.717, 1.165) is 6.92 Å². The largest absolute Gasteiger partial charge is 1.00 e. The third kappa shape index (κ3) is 8.69. The van der Waals surface area contributed by atoms with Crippen molar-refractivity contribution >= 4 is 23.9 Å². The topological polar surface area (TPSA) is 147 Å². The van der Waals surface area contributed by atoms with Crippen LogP contribution in [0.2, 0.25) is 0 Å². The zero-order valence-corrected chi connectivity index (χ0v) is 26.7. The van der Waals surface area contributed by atoms with Gasteiger partial charge in [0.25, 0.3) is 0 Å². The SMILES string of the molecule is CCC(C(=O)[O-])(c1ccccc1)C(C(=O)[O-])C(C(=O)[O-])C(C)C(=O)OCc1ccccc1.[Na+].[Na+].[Na+]. The van der Waals surface area contributed by atoms with Crippen molar-refractivity contribution in [3.63, 3.8) is 0 Å². The Hall–Kier alpha value is -0.680. The van der Waals surface area contributed by atoms with Crippen LogP contribution in [-0.4, -0.2) is 23.9 Å². The van der Waals surface area contributed by atoms with E-state index in [9.17, 15) is 34.5 Å². The van der Waals surface area contributed by atoms with E-state index < -0.39 is 47.0 Å². The number of hydrogen-bond donors (Lipinski definition) is 0. The van der Waals surface area contributed by atoms with E-state index in [2.05, 4.69) is 0 Å². The Morgan fingerprint density at radius 1 is 0.829 bits per heavy atom. The van der Waals surface area contributed by atoms with Gasteiger partial charge in [0, 0.05) is 29.2 Å². The van der Waals surface area contributed by atoms with Gasteiger partial charge in [0.2, 0.25) is 0 Å². The van der Waals surface area contributed by atoms with Crippen LogP contribution in [0.4, 0.5) is 0 Å². The van der Waals surface area contributed by atoms with Crippen molar-refractivity contribution in [2.45, 2.75) is 32.3 Å². The minimum Gasteiger partial charge on any atom is -0.550 e. The fourth-order valence-electron chi connectivity index (χ4n) is 4.02. The van der Waals surface area contributed by atoms with Gasteiger partial charge < -0.3 is 34.4 Å². The molecule has 2 rings (SSSR count). The third-order valence-electron chi connectivity index (χ3n) is 5.76. The normalized spacial score (nSPS) is 14.2. The van der Waals surface area contributed by atoms with Crippen LogP contribution in [0.25, 0.3) is 0 Å². The summed E-state index contributed by atoms with van der Waals surface area (Å²) in [7, 11) is 0. The van der Waals surface area contributed by atoms with Crippen LogP contribution < -0.4 is 104 Å². The Balaban J connectivity index is 0. The van der Waals surface area contributed by atoms with Gasteiger partial charge in [0.05, 0.1) is 11.9 Å². The molecule has 0 radical (unpaired) electrons. The average molecular weight is 508 g/mol. The number of rotatable bonds is 11. The van der Waals surface area contributed by atoms with Crippen LogP contribution in [-0.2, 0) is 35.9 Å². The molecule has 0 aliphatic heterocycles. The van der Waals surface area contributed by atoms with E-state index in [0.29, 0.717) is 5.56 Å². The molecule has 0 bridgehead atoms. The zero-order chi connectivity index (χ0) is 23.9. The quantitative estimate of drug-likeness (QED) is 0.215. The summed E-state index contributed by atoms with van der Waals surface area (Å²) in [6.07, 6.45) is -0.326. The van der Waals surface area contributed by atoms with Crippen molar-refractivity contribution in [3.05, 3.63) is 71.8 Å². The fraction of sp³-hybridized carbons (Fsp3) is 0.333. The zero-order valence-electron chi connectivity index (χ0n) is 20.7. The minimum absolute atomic E-state index is 0. The Morgan fingerprint density at radius 3 is 1.71 bits per heavy atom. The van der Waals surface area contributed by atoms with Gasteiger partial charge in [-0.05, 0) is 17.5 Å². The number of hydrogen-bond acceptors (Lipinski definition) is 8. The Kier molecular flexibility index (Phi) is 17.7. The number of esters is 1. The van der Waals surface area contributed by atoms with Crippen molar-refractivity contribution in [2.75, 3.05) is 0 Å². The summed E-state index contributed by atoms with van der Waals surface area (Å²) in [6, 6.07) is 15.9. The Morgan fingerprint density at radius 2 is 1.31 bits per heavy atom. The number of carboxylic acids is 3. The molecule has 35 heavy (non-hydrogen) atoms. The molecule has 2 aromatic rings. The fourth-order valence-corrected chi connectivity index (χ4v) is 4.02. The average Bonchev–Trinajstić information content (AvgIpc) is 2.78. The second-order valence-electron chi connectivity index (χ2n) is 7.50. The van der Waals surface area contributed by atoms with E-state index in [1.54, 1.807) is 36.4 Å². The van der Waals surface area contributed by atoms with E-state index in [4.69, 9.17) is 4.74 Å². The van der Waals surface area contributed by atoms with Gasteiger partial charge in [0.1, 0.15) is 6.61 Å². The number of carboxylic acid groups (broad SMARTS) is 3. The maximum Gasteiger partial charge on any atom is 1.00 e. The van der Waals surface area contributed by atoms with Crippen molar-refractivity contribution in [1.29, 1.82) is 0 Å². The number of benzene rings is 2.